The molecule has 0 aliphatic heterocycles. The van der Waals surface area contributed by atoms with E-state index in [4.69, 9.17) is 0 Å². The summed E-state index contributed by atoms with van der Waals surface area (Å²) in [6.07, 6.45) is 1.76. The minimum Gasteiger partial charge on any atom is -0.342 e. The van der Waals surface area contributed by atoms with Crippen molar-refractivity contribution in [1.82, 2.24) is 10.2 Å². The first kappa shape index (κ1) is 12.2. The van der Waals surface area contributed by atoms with Crippen molar-refractivity contribution in [3.05, 3.63) is 12.7 Å². The molecule has 0 heterocycles. The second-order valence-electron chi connectivity index (χ2n) is 2.93. The Labute approximate surface area is 80.8 Å². The summed E-state index contributed by atoms with van der Waals surface area (Å²) in [5, 5.41) is 3.07. The second kappa shape index (κ2) is 6.66. The molecule has 1 amide bonds. The monoisotopic (exact) mass is 184 g/mol. The molecule has 3 nitrogen and oxygen atoms in total. The number of nitrogens with zero attached hydrogens (tertiary/aromatic N) is 1. The summed E-state index contributed by atoms with van der Waals surface area (Å²) < 4.78 is 0. The first-order valence-corrected chi connectivity index (χ1v) is 4.80. The van der Waals surface area contributed by atoms with Crippen molar-refractivity contribution in [2.24, 2.45) is 0 Å². The Morgan fingerprint density at radius 3 is 2.46 bits per heavy atom. The fourth-order valence-electron chi connectivity index (χ4n) is 1.16. The summed E-state index contributed by atoms with van der Waals surface area (Å²) in [4.78, 5) is 13.5. The lowest BCUT2D eigenvalue weighted by Gasteiger charge is -2.23. The van der Waals surface area contributed by atoms with Crippen molar-refractivity contribution in [1.29, 1.82) is 0 Å². The van der Waals surface area contributed by atoms with Gasteiger partial charge in [0.05, 0.1) is 6.04 Å². The third-order valence-corrected chi connectivity index (χ3v) is 2.01. The molecular formula is C10H20N2O. The average Bonchev–Trinajstić information content (AvgIpc) is 2.15. The third kappa shape index (κ3) is 4.08. The van der Waals surface area contributed by atoms with Crippen LogP contribution in [0.2, 0.25) is 0 Å². The highest BCUT2D eigenvalue weighted by atomic mass is 16.2. The molecule has 0 aromatic carbocycles. The van der Waals surface area contributed by atoms with Gasteiger partial charge in [0.15, 0.2) is 0 Å². The largest absolute Gasteiger partial charge is 0.342 e. The lowest BCUT2D eigenvalue weighted by molar-refractivity contribution is -0.132. The second-order valence-corrected chi connectivity index (χ2v) is 2.93. The summed E-state index contributed by atoms with van der Waals surface area (Å²) in [6.45, 7) is 11.7. The summed E-state index contributed by atoms with van der Waals surface area (Å²) >= 11 is 0. The molecule has 0 rings (SSSR count). The number of hydrogen-bond donors (Lipinski definition) is 1. The Balaban J connectivity index is 3.98. The van der Waals surface area contributed by atoms with Gasteiger partial charge < -0.3 is 10.2 Å². The molecule has 1 atom stereocenters. The Morgan fingerprint density at radius 1 is 1.54 bits per heavy atom. The van der Waals surface area contributed by atoms with Crippen LogP contribution in [0, 0.1) is 0 Å². The lowest BCUT2D eigenvalue weighted by Crippen LogP contribution is -2.44. The predicted molar refractivity (Wildman–Crippen MR) is 55.6 cm³/mol. The van der Waals surface area contributed by atoms with E-state index in [9.17, 15) is 4.79 Å². The molecule has 3 heteroatoms. The van der Waals surface area contributed by atoms with Crippen LogP contribution in [0.15, 0.2) is 12.7 Å². The Kier molecular flexibility index (Phi) is 6.24. The molecular weight excluding hydrogens is 164 g/mol. The number of hydrogen-bond acceptors (Lipinski definition) is 2. The van der Waals surface area contributed by atoms with E-state index in [0.29, 0.717) is 6.54 Å². The van der Waals surface area contributed by atoms with Crippen molar-refractivity contribution in [3.8, 4) is 0 Å². The fraction of sp³-hybridized carbons (Fsp3) is 0.700. The van der Waals surface area contributed by atoms with Crippen molar-refractivity contribution in [2.75, 3.05) is 19.6 Å². The SMILES string of the molecule is C=CCNC(C)C(=O)N(CC)CC. The topological polar surface area (TPSA) is 32.3 Å². The van der Waals surface area contributed by atoms with Gasteiger partial charge in [-0.25, -0.2) is 0 Å². The average molecular weight is 184 g/mol. The molecule has 0 aliphatic rings. The lowest BCUT2D eigenvalue weighted by atomic mass is 10.3. The number of amides is 1. The van der Waals surface area contributed by atoms with E-state index in [-0.39, 0.29) is 11.9 Å². The molecule has 0 aromatic rings. The van der Waals surface area contributed by atoms with Gasteiger partial charge in [-0.2, -0.15) is 0 Å². The predicted octanol–water partition coefficient (Wildman–Crippen LogP) is 1.02. The van der Waals surface area contributed by atoms with Crippen LogP contribution in [0.3, 0.4) is 0 Å². The molecule has 0 radical (unpaired) electrons. The molecule has 0 spiro atoms. The van der Waals surface area contributed by atoms with Crippen LogP contribution >= 0.6 is 0 Å². The van der Waals surface area contributed by atoms with Crippen LogP contribution < -0.4 is 5.32 Å². The highest BCUT2D eigenvalue weighted by Gasteiger charge is 2.16. The van der Waals surface area contributed by atoms with Crippen LogP contribution in [-0.4, -0.2) is 36.5 Å². The molecule has 0 aliphatic carbocycles. The van der Waals surface area contributed by atoms with E-state index in [2.05, 4.69) is 11.9 Å². The zero-order valence-corrected chi connectivity index (χ0v) is 8.84. The smallest absolute Gasteiger partial charge is 0.239 e. The minimum absolute atomic E-state index is 0.113. The third-order valence-electron chi connectivity index (χ3n) is 2.01. The van der Waals surface area contributed by atoms with Crippen LogP contribution in [0.4, 0.5) is 0 Å². The molecule has 1 N–H and O–H groups in total. The van der Waals surface area contributed by atoms with E-state index < -0.39 is 0 Å². The molecule has 0 aromatic heterocycles. The van der Waals surface area contributed by atoms with Gasteiger partial charge in [-0.05, 0) is 20.8 Å². The highest BCUT2D eigenvalue weighted by Crippen LogP contribution is 1.94. The number of carbonyl (C=O) groups is 1. The normalized spacial score (nSPS) is 12.2. The van der Waals surface area contributed by atoms with E-state index in [1.54, 1.807) is 6.08 Å². The zero-order chi connectivity index (χ0) is 10.3. The van der Waals surface area contributed by atoms with Gasteiger partial charge in [0.25, 0.3) is 0 Å². The summed E-state index contributed by atoms with van der Waals surface area (Å²) in [6, 6.07) is -0.113. The zero-order valence-electron chi connectivity index (χ0n) is 8.84. The molecule has 13 heavy (non-hydrogen) atoms. The summed E-state index contributed by atoms with van der Waals surface area (Å²) in [5.41, 5.74) is 0. The van der Waals surface area contributed by atoms with Crippen LogP contribution in [0.25, 0.3) is 0 Å². The van der Waals surface area contributed by atoms with Crippen molar-refractivity contribution < 1.29 is 4.79 Å². The molecule has 0 saturated heterocycles. The maximum absolute atomic E-state index is 11.6. The Morgan fingerprint density at radius 2 is 2.08 bits per heavy atom. The van der Waals surface area contributed by atoms with Gasteiger partial charge in [0.2, 0.25) is 5.91 Å². The molecule has 0 fully saturated rings. The maximum Gasteiger partial charge on any atom is 0.239 e. The molecule has 1 unspecified atom stereocenters. The molecule has 76 valence electrons. The highest BCUT2D eigenvalue weighted by molar-refractivity contribution is 5.81. The van der Waals surface area contributed by atoms with E-state index in [1.807, 2.05) is 25.7 Å². The first-order valence-electron chi connectivity index (χ1n) is 4.80. The van der Waals surface area contributed by atoms with Gasteiger partial charge in [0.1, 0.15) is 0 Å². The van der Waals surface area contributed by atoms with Gasteiger partial charge in [-0.3, -0.25) is 4.79 Å². The number of likely N-dealkylation sites (N-methyl/N-ethyl adjacent to an activating group) is 1. The quantitative estimate of drug-likeness (QED) is 0.625. The Bertz CT molecular complexity index is 164. The minimum atomic E-state index is -0.113. The van der Waals surface area contributed by atoms with E-state index in [0.717, 1.165) is 13.1 Å². The fourth-order valence-corrected chi connectivity index (χ4v) is 1.16. The van der Waals surface area contributed by atoms with Gasteiger partial charge in [0, 0.05) is 19.6 Å². The molecule has 0 saturated carbocycles. The van der Waals surface area contributed by atoms with Crippen LogP contribution in [-0.2, 0) is 4.79 Å². The van der Waals surface area contributed by atoms with Crippen molar-refractivity contribution in [3.63, 3.8) is 0 Å². The first-order chi connectivity index (χ1) is 6.17. The number of carbonyl (C=O) groups excluding carboxylic acids is 1. The number of rotatable bonds is 6. The maximum atomic E-state index is 11.6. The molecule has 0 bridgehead atoms. The summed E-state index contributed by atoms with van der Waals surface area (Å²) in [7, 11) is 0. The van der Waals surface area contributed by atoms with Gasteiger partial charge in [-0.1, -0.05) is 6.08 Å². The Hall–Kier alpha value is -0.830. The number of nitrogens with one attached hydrogen (secondary N) is 1. The summed E-state index contributed by atoms with van der Waals surface area (Å²) in [5.74, 6) is 0.159. The van der Waals surface area contributed by atoms with Gasteiger partial charge in [-0.15, -0.1) is 6.58 Å². The standard InChI is InChI=1S/C10H20N2O/c1-5-8-11-9(4)10(13)12(6-2)7-3/h5,9,11H,1,6-8H2,2-4H3. The van der Waals surface area contributed by atoms with E-state index in [1.165, 1.54) is 0 Å². The van der Waals surface area contributed by atoms with Crippen molar-refractivity contribution >= 4 is 5.91 Å². The van der Waals surface area contributed by atoms with Crippen LogP contribution in [0.1, 0.15) is 20.8 Å². The van der Waals surface area contributed by atoms with Gasteiger partial charge >= 0.3 is 0 Å². The van der Waals surface area contributed by atoms with Crippen molar-refractivity contribution in [2.45, 2.75) is 26.8 Å². The van der Waals surface area contributed by atoms with E-state index >= 15 is 0 Å². The van der Waals surface area contributed by atoms with Crippen LogP contribution in [0.5, 0.6) is 0 Å².